The van der Waals surface area contributed by atoms with Crippen LogP contribution in [0, 0.1) is 5.92 Å². The molecule has 1 aromatic carbocycles. The SMILES string of the molecule is COC(=O)Cc1ccccc1CN1CCC(N)C(C)C1. The molecule has 1 fully saturated rings. The fourth-order valence-electron chi connectivity index (χ4n) is 2.75. The van der Waals surface area contributed by atoms with E-state index in [0.29, 0.717) is 18.4 Å². The van der Waals surface area contributed by atoms with Gasteiger partial charge in [0.2, 0.25) is 0 Å². The van der Waals surface area contributed by atoms with Gasteiger partial charge in [-0.15, -0.1) is 0 Å². The van der Waals surface area contributed by atoms with E-state index in [4.69, 9.17) is 10.5 Å². The summed E-state index contributed by atoms with van der Waals surface area (Å²) in [6.07, 6.45) is 1.38. The maximum Gasteiger partial charge on any atom is 0.309 e. The number of esters is 1. The number of nitrogens with two attached hydrogens (primary N) is 1. The van der Waals surface area contributed by atoms with Crippen molar-refractivity contribution in [3.8, 4) is 0 Å². The second kappa shape index (κ2) is 6.86. The van der Waals surface area contributed by atoms with Gasteiger partial charge in [-0.05, 0) is 30.0 Å². The second-order valence-corrected chi connectivity index (χ2v) is 5.69. The number of hydrogen-bond acceptors (Lipinski definition) is 4. The summed E-state index contributed by atoms with van der Waals surface area (Å²) < 4.78 is 4.76. The van der Waals surface area contributed by atoms with Crippen LogP contribution >= 0.6 is 0 Å². The maximum atomic E-state index is 11.5. The summed E-state index contributed by atoms with van der Waals surface area (Å²) in [7, 11) is 1.43. The Morgan fingerprint density at radius 3 is 2.75 bits per heavy atom. The van der Waals surface area contributed by atoms with Crippen LogP contribution < -0.4 is 5.73 Å². The van der Waals surface area contributed by atoms with Gasteiger partial charge in [0.1, 0.15) is 0 Å². The third kappa shape index (κ3) is 3.81. The van der Waals surface area contributed by atoms with E-state index in [1.807, 2.05) is 18.2 Å². The first-order chi connectivity index (χ1) is 9.60. The molecule has 0 aromatic heterocycles. The second-order valence-electron chi connectivity index (χ2n) is 5.69. The van der Waals surface area contributed by atoms with Crippen molar-refractivity contribution in [3.05, 3.63) is 35.4 Å². The summed E-state index contributed by atoms with van der Waals surface area (Å²) in [5.74, 6) is 0.336. The van der Waals surface area contributed by atoms with E-state index in [-0.39, 0.29) is 5.97 Å². The van der Waals surface area contributed by atoms with Crippen LogP contribution in [-0.4, -0.2) is 37.1 Å². The van der Waals surface area contributed by atoms with Gasteiger partial charge in [-0.2, -0.15) is 0 Å². The fourth-order valence-corrected chi connectivity index (χ4v) is 2.75. The Morgan fingerprint density at radius 2 is 2.10 bits per heavy atom. The molecule has 4 heteroatoms. The number of rotatable bonds is 4. The molecule has 1 aromatic rings. The highest BCUT2D eigenvalue weighted by molar-refractivity contribution is 5.72. The third-order valence-electron chi connectivity index (χ3n) is 4.13. The van der Waals surface area contributed by atoms with E-state index in [0.717, 1.165) is 31.6 Å². The predicted octanol–water partition coefficient (Wildman–Crippen LogP) is 1.57. The average Bonchev–Trinajstić information content (AvgIpc) is 2.45. The minimum Gasteiger partial charge on any atom is -0.469 e. The highest BCUT2D eigenvalue weighted by atomic mass is 16.5. The first-order valence-corrected chi connectivity index (χ1v) is 7.21. The summed E-state index contributed by atoms with van der Waals surface area (Å²) in [4.78, 5) is 13.9. The monoisotopic (exact) mass is 276 g/mol. The van der Waals surface area contributed by atoms with Crippen LogP contribution in [0.25, 0.3) is 0 Å². The van der Waals surface area contributed by atoms with Crippen LogP contribution in [0.1, 0.15) is 24.5 Å². The molecular weight excluding hydrogens is 252 g/mol. The number of piperidine rings is 1. The zero-order chi connectivity index (χ0) is 14.5. The smallest absolute Gasteiger partial charge is 0.309 e. The molecule has 2 atom stereocenters. The molecule has 0 saturated carbocycles. The highest BCUT2D eigenvalue weighted by Crippen LogP contribution is 2.19. The van der Waals surface area contributed by atoms with E-state index >= 15 is 0 Å². The third-order valence-corrected chi connectivity index (χ3v) is 4.13. The van der Waals surface area contributed by atoms with E-state index in [1.165, 1.54) is 12.7 Å². The summed E-state index contributed by atoms with van der Waals surface area (Å²) in [6, 6.07) is 8.41. The first kappa shape index (κ1) is 15.0. The fraction of sp³-hybridized carbons (Fsp3) is 0.562. The van der Waals surface area contributed by atoms with Crippen molar-refractivity contribution in [1.82, 2.24) is 4.90 Å². The lowest BCUT2D eigenvalue weighted by Gasteiger charge is -2.35. The number of carbonyl (C=O) groups is 1. The van der Waals surface area contributed by atoms with Gasteiger partial charge in [0.05, 0.1) is 13.5 Å². The quantitative estimate of drug-likeness (QED) is 0.848. The Labute approximate surface area is 120 Å². The van der Waals surface area contributed by atoms with Crippen molar-refractivity contribution in [2.75, 3.05) is 20.2 Å². The molecule has 2 N–H and O–H groups in total. The molecule has 4 nitrogen and oxygen atoms in total. The summed E-state index contributed by atoms with van der Waals surface area (Å²) >= 11 is 0. The number of nitrogens with zero attached hydrogens (tertiary/aromatic N) is 1. The Bertz CT molecular complexity index is 462. The molecule has 0 bridgehead atoms. The molecule has 0 radical (unpaired) electrons. The van der Waals surface area contributed by atoms with Crippen molar-refractivity contribution in [3.63, 3.8) is 0 Å². The molecular formula is C16H24N2O2. The van der Waals surface area contributed by atoms with Crippen LogP contribution in [0.5, 0.6) is 0 Å². The molecule has 0 spiro atoms. The molecule has 110 valence electrons. The van der Waals surface area contributed by atoms with Crippen LogP contribution in [0.4, 0.5) is 0 Å². The van der Waals surface area contributed by atoms with Gasteiger partial charge in [0, 0.05) is 19.1 Å². The summed E-state index contributed by atoms with van der Waals surface area (Å²) in [5.41, 5.74) is 8.33. The highest BCUT2D eigenvalue weighted by Gasteiger charge is 2.23. The molecule has 1 saturated heterocycles. The predicted molar refractivity (Wildman–Crippen MR) is 79.2 cm³/mol. The molecule has 2 rings (SSSR count). The molecule has 2 unspecified atom stereocenters. The number of methoxy groups -OCH3 is 1. The minimum absolute atomic E-state index is 0.188. The van der Waals surface area contributed by atoms with Crippen LogP contribution in [0.2, 0.25) is 0 Å². The number of ether oxygens (including phenoxy) is 1. The van der Waals surface area contributed by atoms with E-state index in [2.05, 4.69) is 17.9 Å². The van der Waals surface area contributed by atoms with Crippen molar-refractivity contribution in [2.45, 2.75) is 32.4 Å². The first-order valence-electron chi connectivity index (χ1n) is 7.21. The Hall–Kier alpha value is -1.39. The van der Waals surface area contributed by atoms with Gasteiger partial charge in [-0.1, -0.05) is 31.2 Å². The number of hydrogen-bond donors (Lipinski definition) is 1. The lowest BCUT2D eigenvalue weighted by Crippen LogP contribution is -2.45. The van der Waals surface area contributed by atoms with Crippen molar-refractivity contribution in [2.24, 2.45) is 11.7 Å². The molecule has 1 aliphatic rings. The standard InChI is InChI=1S/C16H24N2O2/c1-12-10-18(8-7-15(12)17)11-14-6-4-3-5-13(14)9-16(19)20-2/h3-6,12,15H,7-11,17H2,1-2H3. The Kier molecular flexibility index (Phi) is 5.15. The largest absolute Gasteiger partial charge is 0.469 e. The van der Waals surface area contributed by atoms with Crippen LogP contribution in [0.3, 0.4) is 0 Å². The lowest BCUT2D eigenvalue weighted by molar-refractivity contribution is -0.139. The lowest BCUT2D eigenvalue weighted by atomic mass is 9.94. The van der Waals surface area contributed by atoms with Crippen molar-refractivity contribution in [1.29, 1.82) is 0 Å². The molecule has 0 aliphatic carbocycles. The topological polar surface area (TPSA) is 55.6 Å². The van der Waals surface area contributed by atoms with Gasteiger partial charge in [0.25, 0.3) is 0 Å². The maximum absolute atomic E-state index is 11.5. The van der Waals surface area contributed by atoms with E-state index < -0.39 is 0 Å². The van der Waals surface area contributed by atoms with Crippen LogP contribution in [-0.2, 0) is 22.5 Å². The molecule has 1 heterocycles. The normalized spacial score (nSPS) is 23.6. The van der Waals surface area contributed by atoms with E-state index in [9.17, 15) is 4.79 Å². The van der Waals surface area contributed by atoms with Gasteiger partial charge in [0.15, 0.2) is 0 Å². The minimum atomic E-state index is -0.188. The van der Waals surface area contributed by atoms with Crippen LogP contribution in [0.15, 0.2) is 24.3 Å². The van der Waals surface area contributed by atoms with E-state index in [1.54, 1.807) is 0 Å². The average molecular weight is 276 g/mol. The van der Waals surface area contributed by atoms with Gasteiger partial charge >= 0.3 is 5.97 Å². The number of carbonyl (C=O) groups excluding carboxylic acids is 1. The zero-order valence-electron chi connectivity index (χ0n) is 12.3. The number of benzene rings is 1. The number of likely N-dealkylation sites (tertiary alicyclic amines) is 1. The van der Waals surface area contributed by atoms with Crippen molar-refractivity contribution < 1.29 is 9.53 Å². The Morgan fingerprint density at radius 1 is 1.40 bits per heavy atom. The van der Waals surface area contributed by atoms with Crippen molar-refractivity contribution >= 4 is 5.97 Å². The molecule has 20 heavy (non-hydrogen) atoms. The molecule has 0 amide bonds. The summed E-state index contributed by atoms with van der Waals surface area (Å²) in [6.45, 7) is 5.13. The van der Waals surface area contributed by atoms with Gasteiger partial charge in [-0.25, -0.2) is 0 Å². The van der Waals surface area contributed by atoms with Gasteiger partial charge < -0.3 is 10.5 Å². The molecule has 1 aliphatic heterocycles. The zero-order valence-corrected chi connectivity index (χ0v) is 12.3. The Balaban J connectivity index is 2.03. The summed E-state index contributed by atoms with van der Waals surface area (Å²) in [5, 5.41) is 0. The van der Waals surface area contributed by atoms with Gasteiger partial charge in [-0.3, -0.25) is 9.69 Å².